The highest BCUT2D eigenvalue weighted by molar-refractivity contribution is 6.01. The Kier molecular flexibility index (Phi) is 3.16. The molecule has 0 spiro atoms. The molecule has 0 aliphatic heterocycles. The number of hydrogen-bond acceptors (Lipinski definition) is 5. The SMILES string of the molecule is O=c1oc(O)c(C=Nc2ccc(O)cc2)c2ccccc12. The Bertz CT molecular complexity index is 879. The fourth-order valence-corrected chi connectivity index (χ4v) is 2.01. The van der Waals surface area contributed by atoms with Gasteiger partial charge in [0.15, 0.2) is 0 Å². The van der Waals surface area contributed by atoms with Crippen LogP contribution in [0.2, 0.25) is 0 Å². The number of nitrogens with zero attached hydrogens (tertiary/aromatic N) is 1. The van der Waals surface area contributed by atoms with Crippen molar-refractivity contribution in [3.8, 4) is 11.7 Å². The van der Waals surface area contributed by atoms with Crippen LogP contribution < -0.4 is 5.63 Å². The highest BCUT2D eigenvalue weighted by Crippen LogP contribution is 2.24. The summed E-state index contributed by atoms with van der Waals surface area (Å²) in [5.74, 6) is -0.325. The largest absolute Gasteiger partial charge is 0.508 e. The Hall–Kier alpha value is -3.08. The topological polar surface area (TPSA) is 83.0 Å². The van der Waals surface area contributed by atoms with E-state index in [1.807, 2.05) is 0 Å². The first-order valence-corrected chi connectivity index (χ1v) is 6.23. The lowest BCUT2D eigenvalue weighted by atomic mass is 10.1. The van der Waals surface area contributed by atoms with Crippen molar-refractivity contribution in [3.05, 3.63) is 64.5 Å². The molecule has 0 amide bonds. The molecule has 0 radical (unpaired) electrons. The Morgan fingerprint density at radius 2 is 1.62 bits per heavy atom. The second-order valence-corrected chi connectivity index (χ2v) is 4.43. The molecule has 0 saturated heterocycles. The number of rotatable bonds is 2. The van der Waals surface area contributed by atoms with Gasteiger partial charge >= 0.3 is 5.63 Å². The molecule has 104 valence electrons. The van der Waals surface area contributed by atoms with Crippen molar-refractivity contribution in [2.24, 2.45) is 4.99 Å². The number of phenolic OH excluding ortho intramolecular Hbond substituents is 1. The molecule has 0 unspecified atom stereocenters. The van der Waals surface area contributed by atoms with Gasteiger partial charge in [0, 0.05) is 11.6 Å². The maximum atomic E-state index is 11.7. The van der Waals surface area contributed by atoms with Crippen LogP contribution in [0.15, 0.2) is 62.7 Å². The van der Waals surface area contributed by atoms with E-state index in [1.165, 1.54) is 18.3 Å². The van der Waals surface area contributed by atoms with Crippen LogP contribution in [-0.2, 0) is 0 Å². The third-order valence-electron chi connectivity index (χ3n) is 3.05. The molecular weight excluding hydrogens is 270 g/mol. The number of phenols is 1. The molecule has 5 nitrogen and oxygen atoms in total. The van der Waals surface area contributed by atoms with E-state index in [9.17, 15) is 15.0 Å². The van der Waals surface area contributed by atoms with Crippen molar-refractivity contribution < 1.29 is 14.6 Å². The number of aromatic hydroxyl groups is 2. The second-order valence-electron chi connectivity index (χ2n) is 4.43. The van der Waals surface area contributed by atoms with Gasteiger partial charge in [-0.15, -0.1) is 0 Å². The Morgan fingerprint density at radius 1 is 0.952 bits per heavy atom. The summed E-state index contributed by atoms with van der Waals surface area (Å²) in [6, 6.07) is 13.1. The minimum Gasteiger partial charge on any atom is -0.508 e. The fraction of sp³-hybridized carbons (Fsp3) is 0. The normalized spacial score (nSPS) is 11.2. The van der Waals surface area contributed by atoms with E-state index in [0.717, 1.165) is 0 Å². The average molecular weight is 281 g/mol. The zero-order valence-electron chi connectivity index (χ0n) is 10.9. The average Bonchev–Trinajstić information content (AvgIpc) is 2.49. The van der Waals surface area contributed by atoms with Crippen molar-refractivity contribution in [1.29, 1.82) is 0 Å². The summed E-state index contributed by atoms with van der Waals surface area (Å²) >= 11 is 0. The van der Waals surface area contributed by atoms with E-state index in [0.29, 0.717) is 22.0 Å². The predicted octanol–water partition coefficient (Wildman–Crippen LogP) is 2.95. The quantitative estimate of drug-likeness (QED) is 0.707. The molecule has 0 aliphatic rings. The summed E-state index contributed by atoms with van der Waals surface area (Å²) in [6.07, 6.45) is 1.42. The molecule has 21 heavy (non-hydrogen) atoms. The van der Waals surface area contributed by atoms with E-state index in [1.54, 1.807) is 36.4 Å². The Morgan fingerprint density at radius 3 is 2.33 bits per heavy atom. The van der Waals surface area contributed by atoms with Gasteiger partial charge in [0.25, 0.3) is 5.95 Å². The van der Waals surface area contributed by atoms with Gasteiger partial charge in [0.05, 0.1) is 16.6 Å². The molecule has 0 saturated carbocycles. The highest BCUT2D eigenvalue weighted by Gasteiger charge is 2.10. The van der Waals surface area contributed by atoms with E-state index in [4.69, 9.17) is 4.42 Å². The van der Waals surface area contributed by atoms with E-state index < -0.39 is 11.6 Å². The number of fused-ring (bicyclic) bond motifs is 1. The molecule has 0 aliphatic carbocycles. The van der Waals surface area contributed by atoms with Crippen molar-refractivity contribution in [1.82, 2.24) is 0 Å². The Labute approximate surface area is 119 Å². The van der Waals surface area contributed by atoms with Crippen LogP contribution in [0.1, 0.15) is 5.56 Å². The molecule has 2 N–H and O–H groups in total. The monoisotopic (exact) mass is 281 g/mol. The molecule has 3 rings (SSSR count). The summed E-state index contributed by atoms with van der Waals surface area (Å²) in [7, 11) is 0. The van der Waals surface area contributed by atoms with Gasteiger partial charge in [0.1, 0.15) is 5.75 Å². The molecule has 2 aromatic carbocycles. The molecule has 0 fully saturated rings. The van der Waals surface area contributed by atoms with Gasteiger partial charge in [0.2, 0.25) is 0 Å². The lowest BCUT2D eigenvalue weighted by Crippen LogP contribution is -2.01. The van der Waals surface area contributed by atoms with Crippen LogP contribution in [0.25, 0.3) is 10.8 Å². The van der Waals surface area contributed by atoms with Crippen LogP contribution >= 0.6 is 0 Å². The first-order chi connectivity index (χ1) is 10.1. The maximum Gasteiger partial charge on any atom is 0.346 e. The highest BCUT2D eigenvalue weighted by atomic mass is 16.5. The first-order valence-electron chi connectivity index (χ1n) is 6.23. The zero-order chi connectivity index (χ0) is 14.8. The van der Waals surface area contributed by atoms with Crippen molar-refractivity contribution >= 4 is 22.7 Å². The molecule has 5 heteroatoms. The van der Waals surface area contributed by atoms with Crippen LogP contribution in [0.4, 0.5) is 5.69 Å². The summed E-state index contributed by atoms with van der Waals surface area (Å²) in [5.41, 5.74) is 0.339. The Balaban J connectivity index is 2.12. The van der Waals surface area contributed by atoms with Gasteiger partial charge in [-0.05, 0) is 30.3 Å². The lowest BCUT2D eigenvalue weighted by molar-refractivity contribution is 0.312. The zero-order valence-corrected chi connectivity index (χ0v) is 10.9. The maximum absolute atomic E-state index is 11.7. The summed E-state index contributed by atoms with van der Waals surface area (Å²) in [5, 5.41) is 20.0. The molecule has 1 aromatic heterocycles. The van der Waals surface area contributed by atoms with Gasteiger partial charge < -0.3 is 14.6 Å². The molecule has 0 atom stereocenters. The number of benzene rings is 2. The number of aliphatic imine (C=N–C) groups is 1. The van der Waals surface area contributed by atoms with Crippen molar-refractivity contribution in [2.45, 2.75) is 0 Å². The lowest BCUT2D eigenvalue weighted by Gasteiger charge is -2.02. The van der Waals surface area contributed by atoms with Gasteiger partial charge in [-0.1, -0.05) is 18.2 Å². The smallest absolute Gasteiger partial charge is 0.346 e. The molecule has 3 aromatic rings. The summed E-state index contributed by atoms with van der Waals surface area (Å²) in [6.45, 7) is 0. The van der Waals surface area contributed by atoms with Gasteiger partial charge in [-0.2, -0.15) is 0 Å². The minimum absolute atomic E-state index is 0.146. The fourth-order valence-electron chi connectivity index (χ4n) is 2.01. The van der Waals surface area contributed by atoms with Crippen molar-refractivity contribution in [2.75, 3.05) is 0 Å². The van der Waals surface area contributed by atoms with E-state index >= 15 is 0 Å². The van der Waals surface area contributed by atoms with Gasteiger partial charge in [-0.25, -0.2) is 4.79 Å². The van der Waals surface area contributed by atoms with Crippen molar-refractivity contribution in [3.63, 3.8) is 0 Å². The molecule has 0 bridgehead atoms. The van der Waals surface area contributed by atoms with E-state index in [-0.39, 0.29) is 5.75 Å². The van der Waals surface area contributed by atoms with Crippen LogP contribution in [0, 0.1) is 0 Å². The third kappa shape index (κ3) is 2.49. The van der Waals surface area contributed by atoms with Crippen LogP contribution in [0.3, 0.4) is 0 Å². The standard InChI is InChI=1S/C16H11NO4/c18-11-7-5-10(6-8-11)17-9-14-12-3-1-2-4-13(12)15(19)21-16(14)20/h1-9,18,20H. The second kappa shape index (κ2) is 5.13. The van der Waals surface area contributed by atoms with Gasteiger partial charge in [-0.3, -0.25) is 4.99 Å². The molecular formula is C16H11NO4. The van der Waals surface area contributed by atoms with Crippen LogP contribution in [0.5, 0.6) is 11.7 Å². The van der Waals surface area contributed by atoms with E-state index in [2.05, 4.69) is 4.99 Å². The number of hydrogen-bond donors (Lipinski definition) is 2. The van der Waals surface area contributed by atoms with Crippen LogP contribution in [-0.4, -0.2) is 16.4 Å². The first kappa shape index (κ1) is 12.9. The minimum atomic E-state index is -0.593. The summed E-state index contributed by atoms with van der Waals surface area (Å²) < 4.78 is 4.80. The molecule has 1 heterocycles. The predicted molar refractivity (Wildman–Crippen MR) is 79.5 cm³/mol. The third-order valence-corrected chi connectivity index (χ3v) is 3.05. The summed E-state index contributed by atoms with van der Waals surface area (Å²) in [4.78, 5) is 15.9.